The van der Waals surface area contributed by atoms with Crippen LogP contribution in [0.3, 0.4) is 0 Å². The summed E-state index contributed by atoms with van der Waals surface area (Å²) in [6, 6.07) is -2.05. The molecule has 0 aromatic carbocycles. The van der Waals surface area contributed by atoms with Gasteiger partial charge >= 0.3 is 11.9 Å². The van der Waals surface area contributed by atoms with Crippen molar-refractivity contribution in [3.05, 3.63) is 0 Å². The van der Waals surface area contributed by atoms with Gasteiger partial charge in [0.15, 0.2) is 0 Å². The third-order valence-corrected chi connectivity index (χ3v) is 9.82. The van der Waals surface area contributed by atoms with Gasteiger partial charge in [0.1, 0.15) is 12.1 Å². The number of aliphatic carboxylic acids is 2. The number of nitrogens with one attached hydrogen (secondary N) is 4. The zero-order valence-electron chi connectivity index (χ0n) is 34.1. The van der Waals surface area contributed by atoms with Gasteiger partial charge in [-0.25, -0.2) is 9.59 Å². The van der Waals surface area contributed by atoms with Crippen LogP contribution >= 0.6 is 0 Å². The zero-order valence-corrected chi connectivity index (χ0v) is 34.1. The van der Waals surface area contributed by atoms with Gasteiger partial charge in [-0.2, -0.15) is 0 Å². The summed E-state index contributed by atoms with van der Waals surface area (Å²) in [5.41, 5.74) is 0. The van der Waals surface area contributed by atoms with Crippen LogP contribution in [0.5, 0.6) is 0 Å². The van der Waals surface area contributed by atoms with E-state index in [1.165, 1.54) is 77.0 Å². The Morgan fingerprint density at radius 2 is 0.648 bits per heavy atom. The Labute approximate surface area is 326 Å². The zero-order chi connectivity index (χ0) is 40.1. The highest BCUT2D eigenvalue weighted by Gasteiger charge is 2.21. The first kappa shape index (κ1) is 50.8. The molecule has 314 valence electrons. The molecule has 0 bridgehead atoms. The smallest absolute Gasteiger partial charge is 0.326 e. The van der Waals surface area contributed by atoms with Crippen LogP contribution in [0.4, 0.5) is 0 Å². The van der Waals surface area contributed by atoms with Crippen molar-refractivity contribution in [2.75, 3.05) is 13.1 Å². The lowest BCUT2D eigenvalue weighted by Gasteiger charge is -2.15. The molecule has 0 heterocycles. The van der Waals surface area contributed by atoms with E-state index in [1.54, 1.807) is 0 Å². The van der Waals surface area contributed by atoms with Crippen molar-refractivity contribution in [2.24, 2.45) is 0 Å². The number of rotatable bonds is 39. The first-order chi connectivity index (χ1) is 26.1. The predicted molar refractivity (Wildman–Crippen MR) is 215 cm³/mol. The van der Waals surface area contributed by atoms with Gasteiger partial charge in [-0.3, -0.25) is 19.2 Å². The maximum atomic E-state index is 12.4. The van der Waals surface area contributed by atoms with Crippen molar-refractivity contribution < 1.29 is 39.0 Å². The van der Waals surface area contributed by atoms with Crippen molar-refractivity contribution in [3.8, 4) is 0 Å². The maximum Gasteiger partial charge on any atom is 0.326 e. The number of unbranched alkanes of at least 4 members (excludes halogenated alkanes) is 19. The van der Waals surface area contributed by atoms with Crippen molar-refractivity contribution in [1.29, 1.82) is 0 Å². The Bertz CT molecular complexity index is 931. The molecule has 4 amide bonds. The fourth-order valence-corrected chi connectivity index (χ4v) is 6.39. The summed E-state index contributed by atoms with van der Waals surface area (Å²) in [7, 11) is 0. The Hall–Kier alpha value is -3.18. The highest BCUT2D eigenvalue weighted by Crippen LogP contribution is 2.12. The third-order valence-electron chi connectivity index (χ3n) is 9.82. The van der Waals surface area contributed by atoms with E-state index in [2.05, 4.69) is 35.1 Å². The van der Waals surface area contributed by atoms with Crippen LogP contribution in [0, 0.1) is 0 Å². The average Bonchev–Trinajstić information content (AvgIpc) is 3.13. The van der Waals surface area contributed by atoms with Gasteiger partial charge in [-0.1, -0.05) is 117 Å². The SMILES string of the molecule is CCCCCCCCCCCC(=O)NCCCC[C@H](NC(=O)CCCCC(=O)N[C@@H](CCCCNC(=O)CCCCCCCCCCC)C(=O)O)C(=O)O. The average molecular weight is 767 g/mol. The highest BCUT2D eigenvalue weighted by atomic mass is 16.4. The monoisotopic (exact) mass is 767 g/mol. The molecule has 0 unspecified atom stereocenters. The van der Waals surface area contributed by atoms with Crippen molar-refractivity contribution in [2.45, 2.75) is 219 Å². The molecule has 0 aliphatic heterocycles. The Morgan fingerprint density at radius 1 is 0.370 bits per heavy atom. The maximum absolute atomic E-state index is 12.4. The van der Waals surface area contributed by atoms with Gasteiger partial charge < -0.3 is 31.5 Å². The molecule has 0 rings (SSSR count). The van der Waals surface area contributed by atoms with Crippen LogP contribution in [-0.2, 0) is 28.8 Å². The summed E-state index contributed by atoms with van der Waals surface area (Å²) in [6.45, 7) is 5.37. The summed E-state index contributed by atoms with van der Waals surface area (Å²) in [4.78, 5) is 72.3. The summed E-state index contributed by atoms with van der Waals surface area (Å²) in [6.07, 6.45) is 26.2. The molecule has 0 saturated heterocycles. The van der Waals surface area contributed by atoms with E-state index < -0.39 is 35.8 Å². The summed E-state index contributed by atoms with van der Waals surface area (Å²) in [5.74, 6) is -3.03. The van der Waals surface area contributed by atoms with Crippen LogP contribution in [0.1, 0.15) is 206 Å². The van der Waals surface area contributed by atoms with Crippen LogP contribution in [0.15, 0.2) is 0 Å². The van der Waals surface area contributed by atoms with Crippen molar-refractivity contribution in [1.82, 2.24) is 21.3 Å². The topological polar surface area (TPSA) is 191 Å². The molecule has 0 aromatic heterocycles. The Balaban J connectivity index is 4.00. The standard InChI is InChI=1S/C42H78N4O8/c1-3-5-7-9-11-13-15-17-19-29-37(47)43-33-25-23-27-35(41(51)52)45-39(49)31-21-22-32-40(50)46-36(42(53)54)28-24-26-34-44-38(48)30-20-18-16-14-12-10-8-6-4-2/h35-36H,3-34H2,1-2H3,(H,43,47)(H,44,48)(H,45,49)(H,46,50)(H,51,52)(H,53,54)/t35-,36-/m0/s1. The van der Waals surface area contributed by atoms with Gasteiger partial charge in [0.2, 0.25) is 23.6 Å². The Kier molecular flexibility index (Phi) is 34.6. The number of carbonyl (C=O) groups excluding carboxylic acids is 4. The lowest BCUT2D eigenvalue weighted by atomic mass is 10.1. The minimum Gasteiger partial charge on any atom is -0.480 e. The normalized spacial score (nSPS) is 12.1. The first-order valence-corrected chi connectivity index (χ1v) is 21.7. The van der Waals surface area contributed by atoms with E-state index >= 15 is 0 Å². The first-order valence-electron chi connectivity index (χ1n) is 21.7. The van der Waals surface area contributed by atoms with Crippen LogP contribution in [0.2, 0.25) is 0 Å². The fraction of sp³-hybridized carbons (Fsp3) is 0.857. The third kappa shape index (κ3) is 33.4. The molecule has 0 aliphatic carbocycles. The number of hydrogen-bond donors (Lipinski definition) is 6. The van der Waals surface area contributed by atoms with Gasteiger partial charge in [0.05, 0.1) is 0 Å². The van der Waals surface area contributed by atoms with E-state index in [1.807, 2.05) is 0 Å². The fourth-order valence-electron chi connectivity index (χ4n) is 6.39. The second-order valence-corrected chi connectivity index (χ2v) is 15.0. The van der Waals surface area contributed by atoms with Gasteiger partial charge in [0.25, 0.3) is 0 Å². The number of amides is 4. The molecule has 2 atom stereocenters. The predicted octanol–water partition coefficient (Wildman–Crippen LogP) is 8.10. The second kappa shape index (κ2) is 36.8. The molecule has 54 heavy (non-hydrogen) atoms. The summed E-state index contributed by atoms with van der Waals surface area (Å²) in [5, 5.41) is 30.0. The van der Waals surface area contributed by atoms with Crippen LogP contribution < -0.4 is 21.3 Å². The van der Waals surface area contributed by atoms with E-state index in [-0.39, 0.29) is 37.5 Å². The lowest BCUT2D eigenvalue weighted by molar-refractivity contribution is -0.142. The number of carboxylic acids is 2. The number of hydrogen-bond acceptors (Lipinski definition) is 6. The largest absolute Gasteiger partial charge is 0.480 e. The van der Waals surface area contributed by atoms with Gasteiger partial charge in [0, 0.05) is 38.8 Å². The van der Waals surface area contributed by atoms with Crippen molar-refractivity contribution >= 4 is 35.6 Å². The minimum atomic E-state index is -1.12. The lowest BCUT2D eigenvalue weighted by Crippen LogP contribution is -2.41. The molecular weight excluding hydrogens is 688 g/mol. The van der Waals surface area contributed by atoms with E-state index in [0.29, 0.717) is 64.5 Å². The molecule has 12 nitrogen and oxygen atoms in total. The Morgan fingerprint density at radius 3 is 0.963 bits per heavy atom. The van der Waals surface area contributed by atoms with Gasteiger partial charge in [-0.05, 0) is 64.2 Å². The molecule has 12 heteroatoms. The van der Waals surface area contributed by atoms with Crippen molar-refractivity contribution in [3.63, 3.8) is 0 Å². The number of carbonyl (C=O) groups is 6. The summed E-state index contributed by atoms with van der Waals surface area (Å²) < 4.78 is 0. The molecule has 0 aliphatic rings. The number of carboxylic acid groups (broad SMARTS) is 2. The molecule has 0 fully saturated rings. The molecule has 0 saturated carbocycles. The van der Waals surface area contributed by atoms with E-state index in [9.17, 15) is 39.0 Å². The molecule has 6 N–H and O–H groups in total. The van der Waals surface area contributed by atoms with Crippen LogP contribution in [-0.4, -0.2) is 71.0 Å². The van der Waals surface area contributed by atoms with E-state index in [4.69, 9.17) is 0 Å². The molecule has 0 spiro atoms. The van der Waals surface area contributed by atoms with Gasteiger partial charge in [-0.15, -0.1) is 0 Å². The van der Waals surface area contributed by atoms with E-state index in [0.717, 1.165) is 38.5 Å². The second-order valence-electron chi connectivity index (χ2n) is 15.0. The highest BCUT2D eigenvalue weighted by molar-refractivity contribution is 5.84. The summed E-state index contributed by atoms with van der Waals surface area (Å²) >= 11 is 0. The molecule has 0 aromatic rings. The quantitative estimate of drug-likeness (QED) is 0.0338. The molecule has 0 radical (unpaired) electrons. The molecular formula is C42H78N4O8. The van der Waals surface area contributed by atoms with Crippen LogP contribution in [0.25, 0.3) is 0 Å². The minimum absolute atomic E-state index is 0.0182.